The Hall–Kier alpha value is -1.63. The van der Waals surface area contributed by atoms with E-state index in [9.17, 15) is 0 Å². The van der Waals surface area contributed by atoms with Gasteiger partial charge in [0.25, 0.3) is 0 Å². The summed E-state index contributed by atoms with van der Waals surface area (Å²) >= 11 is 3.43. The summed E-state index contributed by atoms with van der Waals surface area (Å²) in [5.74, 6) is 0. The summed E-state index contributed by atoms with van der Waals surface area (Å²) < 4.78 is 1.08. The Balaban J connectivity index is 2.04. The van der Waals surface area contributed by atoms with E-state index in [4.69, 9.17) is 5.26 Å². The molecule has 19 heavy (non-hydrogen) atoms. The molecule has 0 radical (unpaired) electrons. The van der Waals surface area contributed by atoms with Gasteiger partial charge in [0, 0.05) is 17.6 Å². The maximum atomic E-state index is 8.94. The van der Waals surface area contributed by atoms with Crippen LogP contribution in [0.5, 0.6) is 0 Å². The Kier molecular flexibility index (Phi) is 5.14. The van der Waals surface area contributed by atoms with Crippen LogP contribution in [0.2, 0.25) is 0 Å². The van der Waals surface area contributed by atoms with Crippen molar-refractivity contribution in [3.63, 3.8) is 0 Å². The highest BCUT2D eigenvalue weighted by atomic mass is 79.9. The van der Waals surface area contributed by atoms with Crippen LogP contribution >= 0.6 is 15.9 Å². The maximum Gasteiger partial charge on any atom is 0.0871 e. The molecule has 2 rings (SSSR count). The second-order valence-electron chi connectivity index (χ2n) is 4.42. The first kappa shape index (κ1) is 13.8. The number of hydrogen-bond donors (Lipinski definition) is 0. The second-order valence-corrected chi connectivity index (χ2v) is 5.33. The number of benzene rings is 2. The van der Waals surface area contributed by atoms with Crippen LogP contribution in [-0.4, -0.2) is 11.4 Å². The molecule has 2 aromatic rings. The molecule has 0 N–H and O–H groups in total. The van der Waals surface area contributed by atoms with Crippen molar-refractivity contribution >= 4 is 15.9 Å². The van der Waals surface area contributed by atoms with Crippen molar-refractivity contribution in [1.29, 1.82) is 5.26 Å². The summed E-state index contributed by atoms with van der Waals surface area (Å²) in [6, 6.07) is 20.7. The summed E-state index contributed by atoms with van der Waals surface area (Å²) in [4.78, 5) is 2.14. The predicted octanol–water partition coefficient (Wildman–Crippen LogP) is 3.97. The fraction of sp³-hybridized carbons (Fsp3) is 0.188. The number of halogens is 1. The molecule has 0 aliphatic heterocycles. The van der Waals surface area contributed by atoms with Gasteiger partial charge in [0.1, 0.15) is 0 Å². The standard InChI is InChI=1S/C16H15BrN2/c17-16-8-6-15(7-9-16)13-19(11-10-18)12-14-4-2-1-3-5-14/h1-9H,11-13H2. The molecule has 2 nitrogen and oxygen atoms in total. The Morgan fingerprint density at radius 1 is 0.895 bits per heavy atom. The summed E-state index contributed by atoms with van der Waals surface area (Å²) in [7, 11) is 0. The number of nitrogens with zero attached hydrogens (tertiary/aromatic N) is 2. The van der Waals surface area contributed by atoms with Gasteiger partial charge in [-0.3, -0.25) is 4.90 Å². The largest absolute Gasteiger partial charge is 0.282 e. The van der Waals surface area contributed by atoms with Gasteiger partial charge in [0.2, 0.25) is 0 Å². The first-order valence-corrected chi connectivity index (χ1v) is 6.95. The van der Waals surface area contributed by atoms with Crippen LogP contribution in [0.15, 0.2) is 59.1 Å². The molecule has 0 bridgehead atoms. The lowest BCUT2D eigenvalue weighted by atomic mass is 10.1. The molecule has 0 heterocycles. The van der Waals surface area contributed by atoms with E-state index >= 15 is 0 Å². The number of nitriles is 1. The van der Waals surface area contributed by atoms with Crippen molar-refractivity contribution in [3.8, 4) is 6.07 Å². The molecular formula is C16H15BrN2. The van der Waals surface area contributed by atoms with Crippen LogP contribution in [0, 0.1) is 11.3 Å². The topological polar surface area (TPSA) is 27.0 Å². The van der Waals surface area contributed by atoms with Crippen molar-refractivity contribution in [2.75, 3.05) is 6.54 Å². The molecule has 0 fully saturated rings. The van der Waals surface area contributed by atoms with Gasteiger partial charge in [-0.15, -0.1) is 0 Å². The van der Waals surface area contributed by atoms with Gasteiger partial charge in [-0.25, -0.2) is 0 Å². The molecule has 2 aromatic carbocycles. The fourth-order valence-electron chi connectivity index (χ4n) is 1.96. The Bertz CT molecular complexity index is 543. The third-order valence-corrected chi connectivity index (χ3v) is 3.39. The van der Waals surface area contributed by atoms with Crippen molar-refractivity contribution in [1.82, 2.24) is 4.90 Å². The SMILES string of the molecule is N#CCN(Cc1ccccc1)Cc1ccc(Br)cc1. The van der Waals surface area contributed by atoms with E-state index in [2.05, 4.69) is 51.2 Å². The van der Waals surface area contributed by atoms with E-state index in [0.717, 1.165) is 17.6 Å². The van der Waals surface area contributed by atoms with Gasteiger partial charge >= 0.3 is 0 Å². The van der Waals surface area contributed by atoms with Crippen molar-refractivity contribution < 1.29 is 0 Å². The Morgan fingerprint density at radius 2 is 1.47 bits per heavy atom. The molecule has 0 spiro atoms. The smallest absolute Gasteiger partial charge is 0.0871 e. The average Bonchev–Trinajstić information content (AvgIpc) is 2.43. The molecule has 0 aromatic heterocycles. The lowest BCUT2D eigenvalue weighted by Crippen LogP contribution is -2.23. The third-order valence-electron chi connectivity index (χ3n) is 2.86. The van der Waals surface area contributed by atoms with Gasteiger partial charge in [-0.1, -0.05) is 58.4 Å². The van der Waals surface area contributed by atoms with Crippen LogP contribution in [0.1, 0.15) is 11.1 Å². The van der Waals surface area contributed by atoms with Crippen LogP contribution in [0.25, 0.3) is 0 Å². The molecule has 0 aliphatic rings. The van der Waals surface area contributed by atoms with Crippen LogP contribution in [0.4, 0.5) is 0 Å². The minimum atomic E-state index is 0.435. The molecule has 0 saturated heterocycles. The zero-order valence-corrected chi connectivity index (χ0v) is 12.2. The van der Waals surface area contributed by atoms with E-state index in [1.165, 1.54) is 11.1 Å². The van der Waals surface area contributed by atoms with E-state index < -0.39 is 0 Å². The number of rotatable bonds is 5. The molecule has 0 amide bonds. The van der Waals surface area contributed by atoms with Crippen LogP contribution in [0.3, 0.4) is 0 Å². The fourth-order valence-corrected chi connectivity index (χ4v) is 2.22. The molecule has 96 valence electrons. The summed E-state index contributed by atoms with van der Waals surface area (Å²) in [6.07, 6.45) is 0. The highest BCUT2D eigenvalue weighted by molar-refractivity contribution is 9.10. The average molecular weight is 315 g/mol. The Labute approximate surface area is 122 Å². The second kappa shape index (κ2) is 7.08. The summed E-state index contributed by atoms with van der Waals surface area (Å²) in [5.41, 5.74) is 2.45. The van der Waals surface area contributed by atoms with Crippen molar-refractivity contribution in [2.45, 2.75) is 13.1 Å². The zero-order valence-electron chi connectivity index (χ0n) is 10.6. The normalized spacial score (nSPS) is 10.4. The molecule has 0 unspecified atom stereocenters. The van der Waals surface area contributed by atoms with Gasteiger partial charge < -0.3 is 0 Å². The van der Waals surface area contributed by atoms with Crippen LogP contribution < -0.4 is 0 Å². The molecule has 0 aliphatic carbocycles. The first-order chi connectivity index (χ1) is 9.28. The minimum absolute atomic E-state index is 0.435. The van der Waals surface area contributed by atoms with E-state index in [0.29, 0.717) is 6.54 Å². The monoisotopic (exact) mass is 314 g/mol. The van der Waals surface area contributed by atoms with Gasteiger partial charge in [-0.05, 0) is 23.3 Å². The summed E-state index contributed by atoms with van der Waals surface area (Å²) in [5, 5.41) is 8.94. The van der Waals surface area contributed by atoms with Gasteiger partial charge in [0.05, 0.1) is 12.6 Å². The van der Waals surface area contributed by atoms with Crippen molar-refractivity contribution in [2.24, 2.45) is 0 Å². The summed E-state index contributed by atoms with van der Waals surface area (Å²) in [6.45, 7) is 2.02. The van der Waals surface area contributed by atoms with Gasteiger partial charge in [0.15, 0.2) is 0 Å². The van der Waals surface area contributed by atoms with E-state index in [1.54, 1.807) is 0 Å². The molecular weight excluding hydrogens is 300 g/mol. The van der Waals surface area contributed by atoms with E-state index in [-0.39, 0.29) is 0 Å². The predicted molar refractivity (Wildman–Crippen MR) is 80.3 cm³/mol. The number of hydrogen-bond acceptors (Lipinski definition) is 2. The Morgan fingerprint density at radius 3 is 2.05 bits per heavy atom. The highest BCUT2D eigenvalue weighted by Gasteiger charge is 2.06. The van der Waals surface area contributed by atoms with E-state index in [1.807, 2.05) is 30.3 Å². The van der Waals surface area contributed by atoms with Gasteiger partial charge in [-0.2, -0.15) is 5.26 Å². The minimum Gasteiger partial charge on any atom is -0.282 e. The lowest BCUT2D eigenvalue weighted by Gasteiger charge is -2.19. The molecule has 0 atom stereocenters. The lowest BCUT2D eigenvalue weighted by molar-refractivity contribution is 0.289. The third kappa shape index (κ3) is 4.51. The van der Waals surface area contributed by atoms with Crippen LogP contribution in [-0.2, 0) is 13.1 Å². The molecule has 0 saturated carbocycles. The van der Waals surface area contributed by atoms with Crippen molar-refractivity contribution in [3.05, 3.63) is 70.2 Å². The zero-order chi connectivity index (χ0) is 13.5. The first-order valence-electron chi connectivity index (χ1n) is 6.15. The quantitative estimate of drug-likeness (QED) is 0.781. The maximum absolute atomic E-state index is 8.94. The molecule has 3 heteroatoms. The highest BCUT2D eigenvalue weighted by Crippen LogP contribution is 2.13.